The van der Waals surface area contributed by atoms with Crippen molar-refractivity contribution in [2.45, 2.75) is 31.8 Å². The molecule has 3 aliphatic rings. The normalized spacial score (nSPS) is 26.1. The van der Waals surface area contributed by atoms with E-state index >= 15 is 0 Å². The van der Waals surface area contributed by atoms with Gasteiger partial charge in [0.1, 0.15) is 6.17 Å². The molecule has 1 N–H and O–H groups in total. The molecule has 0 amide bonds. The first-order valence-electron chi connectivity index (χ1n) is 9.06. The molecular formula is C20H26N4. The molecule has 4 nitrogen and oxygen atoms in total. The Labute approximate surface area is 144 Å². The van der Waals surface area contributed by atoms with E-state index in [2.05, 4.69) is 76.0 Å². The summed E-state index contributed by atoms with van der Waals surface area (Å²) in [6.07, 6.45) is 13.8. The highest BCUT2D eigenvalue weighted by Crippen LogP contribution is 2.27. The number of aliphatic imine (C=N–C) groups is 1. The van der Waals surface area contributed by atoms with Gasteiger partial charge in [0.25, 0.3) is 0 Å². The average Bonchev–Trinajstić information content (AvgIpc) is 2.64. The lowest BCUT2D eigenvalue weighted by atomic mass is 9.96. The van der Waals surface area contributed by atoms with Crippen LogP contribution in [-0.4, -0.2) is 37.4 Å². The number of nitrogens with one attached hydrogen (secondary N) is 1. The van der Waals surface area contributed by atoms with Gasteiger partial charge in [0.05, 0.1) is 0 Å². The van der Waals surface area contributed by atoms with Gasteiger partial charge in [-0.1, -0.05) is 6.08 Å². The van der Waals surface area contributed by atoms with E-state index < -0.39 is 0 Å². The van der Waals surface area contributed by atoms with Gasteiger partial charge in [0.2, 0.25) is 0 Å². The van der Waals surface area contributed by atoms with Crippen molar-refractivity contribution in [3.05, 3.63) is 48.3 Å². The maximum Gasteiger partial charge on any atom is 0.139 e. The molecule has 1 aromatic rings. The van der Waals surface area contributed by atoms with E-state index in [0.29, 0.717) is 5.92 Å². The van der Waals surface area contributed by atoms with Gasteiger partial charge < -0.3 is 15.1 Å². The molecule has 3 heterocycles. The number of piperidine rings is 1. The van der Waals surface area contributed by atoms with Crippen LogP contribution in [-0.2, 0) is 0 Å². The molecule has 1 saturated heterocycles. The molecule has 2 atom stereocenters. The zero-order valence-corrected chi connectivity index (χ0v) is 14.4. The Hall–Kier alpha value is -2.23. The summed E-state index contributed by atoms with van der Waals surface area (Å²) in [6, 6.07) is 8.81. The molecule has 2 unspecified atom stereocenters. The molecule has 0 bridgehead atoms. The van der Waals surface area contributed by atoms with Crippen LogP contribution in [0.1, 0.15) is 25.7 Å². The highest BCUT2D eigenvalue weighted by atomic mass is 15.1. The van der Waals surface area contributed by atoms with E-state index in [1.807, 2.05) is 0 Å². The minimum atomic E-state index is 0.0195. The third-order valence-electron chi connectivity index (χ3n) is 5.16. The molecule has 3 aliphatic heterocycles. The van der Waals surface area contributed by atoms with Gasteiger partial charge in [0, 0.05) is 49.3 Å². The number of hydrogen-bond donors (Lipinski definition) is 1. The number of nitrogens with zero attached hydrogens (tertiary/aromatic N) is 3. The first-order chi connectivity index (χ1) is 11.8. The molecule has 126 valence electrons. The molecule has 4 rings (SSSR count). The smallest absolute Gasteiger partial charge is 0.139 e. The molecule has 0 aliphatic carbocycles. The standard InChI is InChI=1S/C20H26N4/c1-23-11-5-6-16-15-21-20(14-19(16)23)22-17-7-9-18(10-8-17)24-12-3-2-4-13-24/h5,7-11,14-16,20,22H,2-4,6,12-13H2,1H3. The maximum atomic E-state index is 4.67. The highest BCUT2D eigenvalue weighted by Gasteiger charge is 2.23. The van der Waals surface area contributed by atoms with Crippen LogP contribution in [0.5, 0.6) is 0 Å². The SMILES string of the molecule is CN1C=CCC2C=NC(Nc3ccc(N4CCCCC4)cc3)C=C21. The number of anilines is 2. The Morgan fingerprint density at radius 3 is 2.67 bits per heavy atom. The van der Waals surface area contributed by atoms with E-state index in [0.717, 1.165) is 12.1 Å². The fourth-order valence-electron chi connectivity index (χ4n) is 3.78. The lowest BCUT2D eigenvalue weighted by Gasteiger charge is -2.32. The average molecular weight is 322 g/mol. The van der Waals surface area contributed by atoms with Gasteiger partial charge in [-0.25, -0.2) is 0 Å². The van der Waals surface area contributed by atoms with E-state index in [1.54, 1.807) is 0 Å². The van der Waals surface area contributed by atoms with Crippen LogP contribution in [0.25, 0.3) is 0 Å². The molecular weight excluding hydrogens is 296 g/mol. The van der Waals surface area contributed by atoms with Crippen molar-refractivity contribution in [1.29, 1.82) is 0 Å². The van der Waals surface area contributed by atoms with E-state index in [4.69, 9.17) is 0 Å². The molecule has 1 aromatic carbocycles. The first-order valence-corrected chi connectivity index (χ1v) is 9.06. The van der Waals surface area contributed by atoms with Gasteiger partial charge in [0.15, 0.2) is 0 Å². The minimum absolute atomic E-state index is 0.0195. The molecule has 1 fully saturated rings. The lowest BCUT2D eigenvalue weighted by Crippen LogP contribution is -2.30. The van der Waals surface area contributed by atoms with E-state index in [9.17, 15) is 0 Å². The number of benzene rings is 1. The fourth-order valence-corrected chi connectivity index (χ4v) is 3.78. The minimum Gasteiger partial charge on any atom is -0.372 e. The fraction of sp³-hybridized carbons (Fsp3) is 0.450. The van der Waals surface area contributed by atoms with Crippen molar-refractivity contribution in [2.75, 3.05) is 30.4 Å². The van der Waals surface area contributed by atoms with Crippen LogP contribution in [0.15, 0.2) is 53.3 Å². The number of dihydropyridines is 1. The molecule has 0 spiro atoms. The summed E-state index contributed by atoms with van der Waals surface area (Å²) < 4.78 is 0. The Balaban J connectivity index is 1.43. The lowest BCUT2D eigenvalue weighted by molar-refractivity contribution is 0.473. The van der Waals surface area contributed by atoms with Crippen LogP contribution < -0.4 is 10.2 Å². The molecule has 0 saturated carbocycles. The predicted molar refractivity (Wildman–Crippen MR) is 102 cm³/mol. The van der Waals surface area contributed by atoms with Crippen LogP contribution >= 0.6 is 0 Å². The van der Waals surface area contributed by atoms with Gasteiger partial charge in [-0.15, -0.1) is 0 Å². The van der Waals surface area contributed by atoms with Crippen LogP contribution in [0.2, 0.25) is 0 Å². The monoisotopic (exact) mass is 322 g/mol. The highest BCUT2D eigenvalue weighted by molar-refractivity contribution is 5.69. The van der Waals surface area contributed by atoms with Crippen LogP contribution in [0, 0.1) is 5.92 Å². The second-order valence-corrected chi connectivity index (χ2v) is 6.91. The zero-order chi connectivity index (χ0) is 16.4. The topological polar surface area (TPSA) is 30.9 Å². The second-order valence-electron chi connectivity index (χ2n) is 6.91. The summed E-state index contributed by atoms with van der Waals surface area (Å²) in [5.41, 5.74) is 3.81. The van der Waals surface area contributed by atoms with Crippen LogP contribution in [0.4, 0.5) is 11.4 Å². The third kappa shape index (κ3) is 3.18. The molecule has 24 heavy (non-hydrogen) atoms. The van der Waals surface area contributed by atoms with E-state index in [1.165, 1.54) is 43.7 Å². The van der Waals surface area contributed by atoms with Gasteiger partial charge in [-0.2, -0.15) is 0 Å². The second kappa shape index (κ2) is 6.71. The Morgan fingerprint density at radius 2 is 1.88 bits per heavy atom. The predicted octanol–water partition coefficient (Wildman–Crippen LogP) is 3.85. The van der Waals surface area contributed by atoms with Crippen molar-refractivity contribution < 1.29 is 0 Å². The van der Waals surface area contributed by atoms with Gasteiger partial charge in [-0.3, -0.25) is 4.99 Å². The molecule has 0 radical (unpaired) electrons. The summed E-state index contributed by atoms with van der Waals surface area (Å²) in [6.45, 7) is 2.38. The van der Waals surface area contributed by atoms with Crippen molar-refractivity contribution in [2.24, 2.45) is 10.9 Å². The van der Waals surface area contributed by atoms with Crippen molar-refractivity contribution in [3.63, 3.8) is 0 Å². The largest absolute Gasteiger partial charge is 0.372 e. The Morgan fingerprint density at radius 1 is 1.08 bits per heavy atom. The van der Waals surface area contributed by atoms with Gasteiger partial charge >= 0.3 is 0 Å². The maximum absolute atomic E-state index is 4.67. The summed E-state index contributed by atoms with van der Waals surface area (Å²) in [5, 5.41) is 3.52. The van der Waals surface area contributed by atoms with Crippen LogP contribution in [0.3, 0.4) is 0 Å². The van der Waals surface area contributed by atoms with Gasteiger partial charge in [-0.05, 0) is 62.2 Å². The number of fused-ring (bicyclic) bond motifs is 1. The quantitative estimate of drug-likeness (QED) is 0.917. The Bertz CT molecular complexity index is 653. The van der Waals surface area contributed by atoms with Crippen molar-refractivity contribution >= 4 is 17.6 Å². The molecule has 0 aromatic heterocycles. The van der Waals surface area contributed by atoms with Crippen molar-refractivity contribution in [1.82, 2.24) is 4.90 Å². The summed E-state index contributed by atoms with van der Waals surface area (Å²) in [4.78, 5) is 9.36. The Kier molecular flexibility index (Phi) is 4.28. The van der Waals surface area contributed by atoms with E-state index in [-0.39, 0.29) is 6.17 Å². The zero-order valence-electron chi connectivity index (χ0n) is 14.4. The van der Waals surface area contributed by atoms with Crippen molar-refractivity contribution in [3.8, 4) is 0 Å². The number of hydrogen-bond acceptors (Lipinski definition) is 4. The third-order valence-corrected chi connectivity index (χ3v) is 5.16. The number of allylic oxidation sites excluding steroid dienone is 2. The molecule has 4 heteroatoms. The number of rotatable bonds is 3. The first kappa shape index (κ1) is 15.3. The summed E-state index contributed by atoms with van der Waals surface area (Å²) in [7, 11) is 2.11. The summed E-state index contributed by atoms with van der Waals surface area (Å²) >= 11 is 0. The summed E-state index contributed by atoms with van der Waals surface area (Å²) in [5.74, 6) is 0.430.